The van der Waals surface area contributed by atoms with Gasteiger partial charge in [0.05, 0.1) is 31.1 Å². The molecule has 1 saturated carbocycles. The minimum atomic E-state index is -3.78. The van der Waals surface area contributed by atoms with Crippen LogP contribution in [-0.4, -0.2) is 71.6 Å². The number of allylic oxidation sites excluding steroid dienone is 1. The van der Waals surface area contributed by atoms with E-state index in [1.165, 1.54) is 29.6 Å². The highest BCUT2D eigenvalue weighted by Crippen LogP contribution is 2.48. The number of benzene rings is 2. The van der Waals surface area contributed by atoms with Gasteiger partial charge in [0.15, 0.2) is 5.82 Å². The topological polar surface area (TPSA) is 124 Å². The van der Waals surface area contributed by atoms with Crippen molar-refractivity contribution in [3.05, 3.63) is 81.8 Å². The predicted octanol–water partition coefficient (Wildman–Crippen LogP) is 6.28. The maximum atomic E-state index is 17.1. The molecule has 1 N–H and O–H groups in total. The van der Waals surface area contributed by atoms with Crippen LogP contribution in [0.3, 0.4) is 0 Å². The molecular formula is C38H45ClFN5O6S. The Balaban J connectivity index is 1.33. The number of hydrogen-bond donors (Lipinski definition) is 1. The third-order valence-electron chi connectivity index (χ3n) is 11.1. The molecule has 1 unspecified atom stereocenters. The number of nitrogens with zero attached hydrogens (tertiary/aromatic N) is 4. The van der Waals surface area contributed by atoms with Crippen LogP contribution >= 0.6 is 11.6 Å². The Morgan fingerprint density at radius 2 is 2.04 bits per heavy atom. The zero-order valence-electron chi connectivity index (χ0n) is 29.9. The van der Waals surface area contributed by atoms with E-state index in [-0.39, 0.29) is 52.3 Å². The number of halogens is 2. The van der Waals surface area contributed by atoms with Gasteiger partial charge in [0.25, 0.3) is 11.8 Å². The van der Waals surface area contributed by atoms with Gasteiger partial charge in [-0.2, -0.15) is 0 Å². The highest BCUT2D eigenvalue weighted by atomic mass is 35.5. The number of ether oxygens (including phenoxy) is 3. The first-order valence-electron chi connectivity index (χ1n) is 17.8. The van der Waals surface area contributed by atoms with Crippen LogP contribution in [0.5, 0.6) is 11.6 Å². The summed E-state index contributed by atoms with van der Waals surface area (Å²) in [4.78, 5) is 29.5. The third kappa shape index (κ3) is 6.94. The number of aromatic nitrogens is 2. The lowest BCUT2D eigenvalue weighted by molar-refractivity contribution is 0.0131. The molecule has 52 heavy (non-hydrogen) atoms. The Morgan fingerprint density at radius 3 is 2.79 bits per heavy atom. The van der Waals surface area contributed by atoms with Crippen LogP contribution in [0.4, 0.5) is 10.1 Å². The number of rotatable bonds is 4. The second-order valence-electron chi connectivity index (χ2n) is 14.7. The van der Waals surface area contributed by atoms with Crippen molar-refractivity contribution >= 4 is 39.0 Å². The zero-order chi connectivity index (χ0) is 36.8. The van der Waals surface area contributed by atoms with E-state index >= 15 is 4.39 Å². The molecule has 2 bridgehead atoms. The molecule has 2 aliphatic carbocycles. The highest BCUT2D eigenvalue weighted by molar-refractivity contribution is 7.92. The number of methoxy groups -OCH3 is 2. The van der Waals surface area contributed by atoms with Gasteiger partial charge in [0.2, 0.25) is 5.88 Å². The van der Waals surface area contributed by atoms with Gasteiger partial charge < -0.3 is 19.1 Å². The fraction of sp³-hybridized carbons (Fsp3) is 0.500. The van der Waals surface area contributed by atoms with E-state index in [0.29, 0.717) is 36.9 Å². The summed E-state index contributed by atoms with van der Waals surface area (Å²) >= 11 is 6.43. The highest BCUT2D eigenvalue weighted by Gasteiger charge is 2.45. The molecule has 3 aromatic rings. The minimum Gasteiger partial charge on any atom is -0.490 e. The summed E-state index contributed by atoms with van der Waals surface area (Å²) in [7, 11) is 0.906. The van der Waals surface area contributed by atoms with Gasteiger partial charge in [0, 0.05) is 43.9 Å². The zero-order valence-corrected chi connectivity index (χ0v) is 31.5. The molecule has 14 heteroatoms. The number of nitrogens with one attached hydrogen (secondary N) is 1. The Labute approximate surface area is 309 Å². The van der Waals surface area contributed by atoms with Crippen LogP contribution in [0.25, 0.3) is 0 Å². The lowest BCUT2D eigenvalue weighted by Crippen LogP contribution is -2.49. The number of carbonyl (C=O) groups excluding carboxylic acids is 2. The normalized spacial score (nSPS) is 29.4. The molecule has 0 saturated heterocycles. The van der Waals surface area contributed by atoms with Crippen molar-refractivity contribution in [3.63, 3.8) is 0 Å². The van der Waals surface area contributed by atoms with Crippen molar-refractivity contribution in [2.24, 2.45) is 29.2 Å². The van der Waals surface area contributed by atoms with Crippen molar-refractivity contribution < 1.29 is 32.4 Å². The van der Waals surface area contributed by atoms with Crippen LogP contribution in [0.2, 0.25) is 5.02 Å². The monoisotopic (exact) mass is 753 g/mol. The first-order valence-corrected chi connectivity index (χ1v) is 19.9. The first kappa shape index (κ1) is 36.4. The molecule has 3 heterocycles. The van der Waals surface area contributed by atoms with E-state index in [2.05, 4.69) is 20.2 Å². The number of carbonyl (C=O) groups is 2. The molecule has 4 aliphatic rings. The van der Waals surface area contributed by atoms with Crippen LogP contribution in [0, 0.1) is 23.6 Å². The van der Waals surface area contributed by atoms with Crippen molar-refractivity contribution in [3.8, 4) is 11.6 Å². The molecule has 278 valence electrons. The van der Waals surface area contributed by atoms with E-state index in [1.807, 2.05) is 36.1 Å². The van der Waals surface area contributed by atoms with Crippen LogP contribution in [-0.2, 0) is 33.5 Å². The van der Waals surface area contributed by atoms with Crippen molar-refractivity contribution in [2.75, 3.05) is 44.6 Å². The standard InChI is InChI=1S/C38H45ClFN5O6S/c1-23-7-5-9-31(49-3)27-12-10-25(27)18-45-21-38(16-6-8-24-17-26(39)11-14-30(24)38)22-51-32-15-13-28(33(40)34(32)45)35(46)42-52(48,20-23)43-36(47)29-19-44(2)41-37(29)50-4/h5,9,11,13-15,17,19,23,25,27,31H,6-8,10,12,16,18,20-22H2,1-4H3,(H,42,43,46,47,48)/b9-5-/t23-,25-,27+,31-,38-,52?/m0/s1. The molecule has 1 spiro atoms. The second-order valence-corrected chi connectivity index (χ2v) is 17.1. The van der Waals surface area contributed by atoms with E-state index in [9.17, 15) is 13.8 Å². The van der Waals surface area contributed by atoms with Crippen molar-refractivity contribution in [1.29, 1.82) is 0 Å². The smallest absolute Gasteiger partial charge is 0.289 e. The summed E-state index contributed by atoms with van der Waals surface area (Å²) in [5.74, 6) is -2.27. The van der Waals surface area contributed by atoms with Gasteiger partial charge in [-0.1, -0.05) is 36.7 Å². The maximum absolute atomic E-state index is 17.1. The molecule has 7 rings (SSSR count). The Morgan fingerprint density at radius 1 is 1.21 bits per heavy atom. The van der Waals surface area contributed by atoms with Gasteiger partial charge in [0.1, 0.15) is 26.9 Å². The fourth-order valence-corrected chi connectivity index (χ4v) is 10.5. The Bertz CT molecular complexity index is 2050. The predicted molar refractivity (Wildman–Crippen MR) is 197 cm³/mol. The Kier molecular flexibility index (Phi) is 10.1. The maximum Gasteiger partial charge on any atom is 0.289 e. The lowest BCUT2D eigenvalue weighted by atomic mass is 9.68. The first-order chi connectivity index (χ1) is 24.9. The van der Waals surface area contributed by atoms with Gasteiger partial charge in [-0.15, -0.1) is 9.46 Å². The van der Waals surface area contributed by atoms with Crippen molar-refractivity contribution in [2.45, 2.75) is 57.0 Å². The summed E-state index contributed by atoms with van der Waals surface area (Å²) in [5.41, 5.74) is 1.73. The number of hydrogen-bond acceptors (Lipinski definition) is 8. The molecule has 2 aliphatic heterocycles. The van der Waals surface area contributed by atoms with E-state index in [1.54, 1.807) is 20.2 Å². The number of aryl methyl sites for hydroxylation is 2. The molecule has 2 amide bonds. The summed E-state index contributed by atoms with van der Waals surface area (Å²) in [6.45, 7) is 3.19. The summed E-state index contributed by atoms with van der Waals surface area (Å²) < 4.78 is 57.4. The molecule has 0 radical (unpaired) electrons. The Hall–Kier alpha value is -3.94. The average Bonchev–Trinajstić information content (AvgIpc) is 3.40. The van der Waals surface area contributed by atoms with Gasteiger partial charge >= 0.3 is 0 Å². The SMILES string of the molecule is COc1nn(C)cc1C(=O)NS1(=O)=NC(=O)c2ccc3c(c2F)N(C[C@@H]2CC[C@H]2[C@@H](OC)/C=C\C[C@H](C)C1)C[C@@]1(CCCc2cc(Cl)ccc21)CO3. The molecular weight excluding hydrogens is 709 g/mol. The summed E-state index contributed by atoms with van der Waals surface area (Å²) in [6.07, 6.45) is 10.4. The molecule has 11 nitrogen and oxygen atoms in total. The summed E-state index contributed by atoms with van der Waals surface area (Å²) in [5, 5.41) is 4.79. The quantitative estimate of drug-likeness (QED) is 0.309. The number of fused-ring (bicyclic) bond motifs is 4. The fourth-order valence-electron chi connectivity index (χ4n) is 8.43. The second kappa shape index (κ2) is 14.5. The molecule has 1 aromatic heterocycles. The minimum absolute atomic E-state index is 0.0248. The average molecular weight is 754 g/mol. The van der Waals surface area contributed by atoms with Crippen LogP contribution < -0.4 is 19.1 Å². The van der Waals surface area contributed by atoms with Gasteiger partial charge in [-0.25, -0.2) is 8.60 Å². The van der Waals surface area contributed by atoms with Crippen LogP contribution in [0.15, 0.2) is 53.0 Å². The van der Waals surface area contributed by atoms with E-state index in [4.69, 9.17) is 25.8 Å². The lowest BCUT2D eigenvalue weighted by Gasteiger charge is -2.46. The van der Waals surface area contributed by atoms with Crippen molar-refractivity contribution in [1.82, 2.24) is 14.5 Å². The van der Waals surface area contributed by atoms with Gasteiger partial charge in [-0.3, -0.25) is 19.0 Å². The molecule has 1 fully saturated rings. The number of amides is 2. The molecule has 2 aromatic carbocycles. The van der Waals surface area contributed by atoms with E-state index in [0.717, 1.165) is 37.7 Å². The van der Waals surface area contributed by atoms with Crippen LogP contribution in [0.1, 0.15) is 70.9 Å². The van der Waals surface area contributed by atoms with E-state index < -0.39 is 33.0 Å². The van der Waals surface area contributed by atoms with Gasteiger partial charge in [-0.05, 0) is 91.7 Å². The third-order valence-corrected chi connectivity index (χ3v) is 13.3. The molecule has 6 atom stereocenters. The summed E-state index contributed by atoms with van der Waals surface area (Å²) in [6, 6.07) is 8.92. The number of anilines is 1. The largest absolute Gasteiger partial charge is 0.490 e.